The molecule has 6 nitrogen and oxygen atoms in total. The molecule has 0 bridgehead atoms. The summed E-state index contributed by atoms with van der Waals surface area (Å²) < 4.78 is 5.68. The van der Waals surface area contributed by atoms with Crippen LogP contribution in [0.2, 0.25) is 0 Å². The average Bonchev–Trinajstić information content (AvgIpc) is 2.48. The predicted octanol–water partition coefficient (Wildman–Crippen LogP) is 0.608. The maximum atomic E-state index is 12.4. The minimum atomic E-state index is -0.564. The van der Waals surface area contributed by atoms with E-state index in [0.29, 0.717) is 17.9 Å². The van der Waals surface area contributed by atoms with Crippen molar-refractivity contribution in [3.63, 3.8) is 0 Å². The first-order valence-corrected chi connectivity index (χ1v) is 7.03. The number of nitrogens with one attached hydrogen (secondary N) is 1. The standard InChI is InChI=1S/C15H20N2O4/c1-3-12-15(20)17(9-14(19)16-6-7-18)11-8-10(2)4-5-13(11)21-12/h4-5,8,12,18H,3,6-7,9H2,1-2H3,(H,16,19). The number of benzene rings is 1. The molecule has 1 atom stereocenters. The molecule has 1 aliphatic heterocycles. The fraction of sp³-hybridized carbons (Fsp3) is 0.467. The van der Waals surface area contributed by atoms with Gasteiger partial charge in [0.1, 0.15) is 12.3 Å². The molecule has 2 amide bonds. The van der Waals surface area contributed by atoms with Crippen LogP contribution in [0.15, 0.2) is 18.2 Å². The zero-order chi connectivity index (χ0) is 15.4. The highest BCUT2D eigenvalue weighted by molar-refractivity contribution is 6.03. The number of rotatable bonds is 5. The molecular weight excluding hydrogens is 272 g/mol. The van der Waals surface area contributed by atoms with Crippen LogP contribution in [0.4, 0.5) is 5.69 Å². The van der Waals surface area contributed by atoms with Gasteiger partial charge in [0.25, 0.3) is 5.91 Å². The summed E-state index contributed by atoms with van der Waals surface area (Å²) in [6.07, 6.45) is -0.0215. The highest BCUT2D eigenvalue weighted by atomic mass is 16.5. The summed E-state index contributed by atoms with van der Waals surface area (Å²) in [4.78, 5) is 25.7. The molecule has 0 aliphatic carbocycles. The smallest absolute Gasteiger partial charge is 0.268 e. The molecule has 0 saturated heterocycles. The number of carbonyl (C=O) groups excluding carboxylic acids is 2. The van der Waals surface area contributed by atoms with Gasteiger partial charge in [0.05, 0.1) is 12.3 Å². The van der Waals surface area contributed by atoms with Gasteiger partial charge in [-0.25, -0.2) is 0 Å². The van der Waals surface area contributed by atoms with Gasteiger partial charge in [-0.15, -0.1) is 0 Å². The Hall–Kier alpha value is -2.08. The molecule has 1 aliphatic rings. The van der Waals surface area contributed by atoms with Gasteiger partial charge in [-0.3, -0.25) is 14.5 Å². The molecule has 6 heteroatoms. The molecule has 0 fully saturated rings. The molecule has 2 rings (SSSR count). The van der Waals surface area contributed by atoms with Gasteiger partial charge in [0, 0.05) is 6.54 Å². The van der Waals surface area contributed by atoms with E-state index < -0.39 is 6.10 Å². The van der Waals surface area contributed by atoms with Crippen molar-refractivity contribution in [1.82, 2.24) is 5.32 Å². The Morgan fingerprint density at radius 1 is 1.48 bits per heavy atom. The lowest BCUT2D eigenvalue weighted by Gasteiger charge is -2.33. The molecule has 1 heterocycles. The van der Waals surface area contributed by atoms with E-state index in [-0.39, 0.29) is 31.5 Å². The molecule has 1 aromatic carbocycles. The maximum Gasteiger partial charge on any atom is 0.268 e. The number of carbonyl (C=O) groups is 2. The number of aryl methyl sites for hydroxylation is 1. The van der Waals surface area contributed by atoms with Gasteiger partial charge in [-0.1, -0.05) is 13.0 Å². The van der Waals surface area contributed by atoms with Crippen LogP contribution in [0.1, 0.15) is 18.9 Å². The van der Waals surface area contributed by atoms with Crippen LogP contribution in [-0.4, -0.2) is 42.7 Å². The van der Waals surface area contributed by atoms with E-state index in [2.05, 4.69) is 5.32 Å². The monoisotopic (exact) mass is 292 g/mol. The van der Waals surface area contributed by atoms with Crippen LogP contribution < -0.4 is 15.0 Å². The van der Waals surface area contributed by atoms with Gasteiger partial charge < -0.3 is 15.2 Å². The summed E-state index contributed by atoms with van der Waals surface area (Å²) >= 11 is 0. The van der Waals surface area contributed by atoms with E-state index in [4.69, 9.17) is 9.84 Å². The molecule has 0 saturated carbocycles. The third kappa shape index (κ3) is 3.33. The van der Waals surface area contributed by atoms with Crippen molar-refractivity contribution >= 4 is 17.5 Å². The van der Waals surface area contributed by atoms with E-state index in [0.717, 1.165) is 5.56 Å². The minimum Gasteiger partial charge on any atom is -0.478 e. The minimum absolute atomic E-state index is 0.0743. The van der Waals surface area contributed by atoms with E-state index in [1.807, 2.05) is 32.0 Å². The number of amides is 2. The van der Waals surface area contributed by atoms with Crippen LogP contribution >= 0.6 is 0 Å². The van der Waals surface area contributed by atoms with E-state index in [9.17, 15) is 9.59 Å². The summed E-state index contributed by atoms with van der Waals surface area (Å²) in [6.45, 7) is 3.76. The van der Waals surface area contributed by atoms with Crippen LogP contribution in [0, 0.1) is 6.92 Å². The van der Waals surface area contributed by atoms with Gasteiger partial charge in [-0.05, 0) is 31.0 Å². The van der Waals surface area contributed by atoms with Crippen molar-refractivity contribution in [2.75, 3.05) is 24.6 Å². The summed E-state index contributed by atoms with van der Waals surface area (Å²) in [6, 6.07) is 5.56. The molecule has 1 unspecified atom stereocenters. The SMILES string of the molecule is CCC1Oc2ccc(C)cc2N(CC(=O)NCCO)C1=O. The van der Waals surface area contributed by atoms with Crippen molar-refractivity contribution in [2.45, 2.75) is 26.4 Å². The highest BCUT2D eigenvalue weighted by Crippen LogP contribution is 2.35. The maximum absolute atomic E-state index is 12.4. The number of aliphatic hydroxyl groups is 1. The summed E-state index contributed by atoms with van der Waals surface area (Å²) in [7, 11) is 0. The Bertz CT molecular complexity index is 544. The van der Waals surface area contributed by atoms with Crippen LogP contribution in [0.5, 0.6) is 5.75 Å². The van der Waals surface area contributed by atoms with E-state index in [1.165, 1.54) is 4.90 Å². The van der Waals surface area contributed by atoms with Crippen LogP contribution in [0.3, 0.4) is 0 Å². The Morgan fingerprint density at radius 3 is 2.90 bits per heavy atom. The lowest BCUT2D eigenvalue weighted by Crippen LogP contribution is -2.49. The lowest BCUT2D eigenvalue weighted by atomic mass is 10.1. The number of nitrogens with zero attached hydrogens (tertiary/aromatic N) is 1. The second kappa shape index (κ2) is 6.58. The molecular formula is C15H20N2O4. The van der Waals surface area contributed by atoms with Crippen molar-refractivity contribution in [3.05, 3.63) is 23.8 Å². The van der Waals surface area contributed by atoms with Crippen molar-refractivity contribution in [1.29, 1.82) is 0 Å². The van der Waals surface area contributed by atoms with E-state index >= 15 is 0 Å². The first kappa shape index (κ1) is 15.3. The largest absolute Gasteiger partial charge is 0.478 e. The summed E-state index contributed by atoms with van der Waals surface area (Å²) in [5.74, 6) is 0.0957. The molecule has 0 aromatic heterocycles. The lowest BCUT2D eigenvalue weighted by molar-refractivity contribution is -0.129. The number of hydrogen-bond donors (Lipinski definition) is 2. The van der Waals surface area contributed by atoms with Gasteiger partial charge in [-0.2, -0.15) is 0 Å². The Kier molecular flexibility index (Phi) is 4.80. The highest BCUT2D eigenvalue weighted by Gasteiger charge is 2.34. The average molecular weight is 292 g/mol. The zero-order valence-electron chi connectivity index (χ0n) is 12.3. The molecule has 114 valence electrons. The molecule has 2 N–H and O–H groups in total. The quantitative estimate of drug-likeness (QED) is 0.833. The Labute approximate surface area is 123 Å². The van der Waals surface area contributed by atoms with Crippen LogP contribution in [-0.2, 0) is 9.59 Å². The predicted molar refractivity (Wildman–Crippen MR) is 78.3 cm³/mol. The number of aliphatic hydroxyl groups excluding tert-OH is 1. The van der Waals surface area contributed by atoms with Crippen LogP contribution in [0.25, 0.3) is 0 Å². The van der Waals surface area contributed by atoms with E-state index in [1.54, 1.807) is 0 Å². The first-order chi connectivity index (χ1) is 10.1. The number of ether oxygens (including phenoxy) is 1. The zero-order valence-corrected chi connectivity index (χ0v) is 12.3. The molecule has 1 aromatic rings. The second-order valence-electron chi connectivity index (χ2n) is 4.98. The third-order valence-corrected chi connectivity index (χ3v) is 3.32. The topological polar surface area (TPSA) is 78.9 Å². The fourth-order valence-corrected chi connectivity index (χ4v) is 2.25. The normalized spacial score (nSPS) is 17.2. The number of fused-ring (bicyclic) bond motifs is 1. The van der Waals surface area contributed by atoms with Gasteiger partial charge >= 0.3 is 0 Å². The Morgan fingerprint density at radius 2 is 2.24 bits per heavy atom. The van der Waals surface area contributed by atoms with Crippen molar-refractivity contribution in [3.8, 4) is 5.75 Å². The molecule has 0 spiro atoms. The van der Waals surface area contributed by atoms with Crippen molar-refractivity contribution < 1.29 is 19.4 Å². The fourth-order valence-electron chi connectivity index (χ4n) is 2.25. The Balaban J connectivity index is 2.26. The van der Waals surface area contributed by atoms with Gasteiger partial charge in [0.15, 0.2) is 6.10 Å². The summed E-state index contributed by atoms with van der Waals surface area (Å²) in [5, 5.41) is 11.3. The second-order valence-corrected chi connectivity index (χ2v) is 4.98. The van der Waals surface area contributed by atoms with Gasteiger partial charge in [0.2, 0.25) is 5.91 Å². The molecule has 0 radical (unpaired) electrons. The number of anilines is 1. The number of hydrogen-bond acceptors (Lipinski definition) is 4. The van der Waals surface area contributed by atoms with Crippen molar-refractivity contribution in [2.24, 2.45) is 0 Å². The summed E-state index contributed by atoms with van der Waals surface area (Å²) in [5.41, 5.74) is 1.60. The third-order valence-electron chi connectivity index (χ3n) is 3.32. The first-order valence-electron chi connectivity index (χ1n) is 7.03. The molecule has 21 heavy (non-hydrogen) atoms.